The van der Waals surface area contributed by atoms with Crippen LogP contribution in [0.25, 0.3) is 0 Å². The molecule has 2 aromatic rings. The summed E-state index contributed by atoms with van der Waals surface area (Å²) in [6.45, 7) is 6.19. The van der Waals surface area contributed by atoms with Crippen LogP contribution < -0.4 is 0 Å². The van der Waals surface area contributed by atoms with Gasteiger partial charge in [-0.25, -0.2) is 9.98 Å². The van der Waals surface area contributed by atoms with Crippen molar-refractivity contribution in [3.8, 4) is 0 Å². The zero-order valence-electron chi connectivity index (χ0n) is 13.0. The third kappa shape index (κ3) is 4.60. The minimum atomic E-state index is 0.981. The van der Waals surface area contributed by atoms with Crippen molar-refractivity contribution in [2.75, 3.05) is 0 Å². The van der Waals surface area contributed by atoms with E-state index in [2.05, 4.69) is 30.0 Å². The van der Waals surface area contributed by atoms with Gasteiger partial charge in [0.15, 0.2) is 0 Å². The maximum Gasteiger partial charge on any atom is 0.105 e. The van der Waals surface area contributed by atoms with E-state index in [1.807, 2.05) is 42.6 Å². The van der Waals surface area contributed by atoms with Crippen molar-refractivity contribution in [1.29, 1.82) is 0 Å². The quantitative estimate of drug-likeness (QED) is 0.629. The van der Waals surface area contributed by atoms with Crippen LogP contribution in [0, 0.1) is 6.92 Å². The van der Waals surface area contributed by atoms with Crippen molar-refractivity contribution < 1.29 is 0 Å². The molecule has 1 aliphatic heterocycles. The van der Waals surface area contributed by atoms with Crippen LogP contribution in [0.1, 0.15) is 18.4 Å². The van der Waals surface area contributed by atoms with Gasteiger partial charge in [-0.1, -0.05) is 48.3 Å². The maximum atomic E-state index is 4.80. The van der Waals surface area contributed by atoms with E-state index in [9.17, 15) is 0 Å². The summed E-state index contributed by atoms with van der Waals surface area (Å²) >= 11 is 3.34. The molecular weight excluding hydrogens is 320 g/mol. The van der Waals surface area contributed by atoms with Gasteiger partial charge in [0.05, 0.1) is 5.69 Å². The van der Waals surface area contributed by atoms with Crippen LogP contribution in [0.3, 0.4) is 0 Å². The number of thioether (sulfide) groups is 2. The first-order valence-electron chi connectivity index (χ1n) is 7.49. The lowest BCUT2D eigenvalue weighted by atomic mass is 10.1. The molecule has 1 aromatic heterocycles. The normalized spacial score (nSPS) is 18.6. The van der Waals surface area contributed by atoms with Crippen LogP contribution in [-0.4, -0.2) is 10.0 Å². The van der Waals surface area contributed by atoms with E-state index in [4.69, 9.17) is 4.99 Å². The number of para-hydroxylation sites is 1. The molecule has 2 heterocycles. The van der Waals surface area contributed by atoms with E-state index in [0.717, 1.165) is 28.6 Å². The molecule has 1 fully saturated rings. The summed E-state index contributed by atoms with van der Waals surface area (Å²) in [5, 5.41) is 4.25. The molecule has 0 amide bonds. The van der Waals surface area contributed by atoms with Gasteiger partial charge in [-0.15, -0.1) is 0 Å². The van der Waals surface area contributed by atoms with Crippen LogP contribution in [-0.2, 0) is 0 Å². The van der Waals surface area contributed by atoms with Crippen LogP contribution in [0.4, 0.5) is 5.69 Å². The van der Waals surface area contributed by atoms with Crippen LogP contribution in [0.5, 0.6) is 0 Å². The molecule has 0 unspecified atom stereocenters. The van der Waals surface area contributed by atoms with Crippen molar-refractivity contribution in [3.05, 3.63) is 76.7 Å². The molecule has 116 valence electrons. The van der Waals surface area contributed by atoms with Crippen LogP contribution in [0.2, 0.25) is 0 Å². The second-order valence-corrected chi connectivity index (χ2v) is 7.38. The smallest absolute Gasteiger partial charge is 0.105 e. The van der Waals surface area contributed by atoms with Gasteiger partial charge < -0.3 is 0 Å². The number of benzene rings is 1. The van der Waals surface area contributed by atoms with Crippen molar-refractivity contribution in [2.45, 2.75) is 24.8 Å². The van der Waals surface area contributed by atoms with Crippen molar-refractivity contribution in [2.24, 2.45) is 4.99 Å². The van der Waals surface area contributed by atoms with Crippen LogP contribution in [0.15, 0.2) is 81.1 Å². The molecule has 23 heavy (non-hydrogen) atoms. The highest BCUT2D eigenvalue weighted by molar-refractivity contribution is 8.17. The fraction of sp³-hybridized carbons (Fsp3) is 0.158. The highest BCUT2D eigenvalue weighted by atomic mass is 32.2. The van der Waals surface area contributed by atoms with Crippen molar-refractivity contribution >= 4 is 34.3 Å². The average molecular weight is 339 g/mol. The number of hydrogen-bond acceptors (Lipinski definition) is 4. The second-order valence-electron chi connectivity index (χ2n) is 5.33. The first-order chi connectivity index (χ1) is 11.2. The van der Waals surface area contributed by atoms with Gasteiger partial charge >= 0.3 is 0 Å². The molecule has 3 rings (SSSR count). The number of hydrogen-bond donors (Lipinski definition) is 0. The van der Waals surface area contributed by atoms with Crippen molar-refractivity contribution in [1.82, 2.24) is 4.98 Å². The summed E-state index contributed by atoms with van der Waals surface area (Å²) < 4.78 is 0. The van der Waals surface area contributed by atoms with Gasteiger partial charge in [0.1, 0.15) is 10.1 Å². The van der Waals surface area contributed by atoms with Gasteiger partial charge in [-0.05, 0) is 65.5 Å². The first kappa shape index (κ1) is 16.1. The summed E-state index contributed by atoms with van der Waals surface area (Å²) in [5.74, 6) is 0. The molecule has 1 aliphatic rings. The highest BCUT2D eigenvalue weighted by Crippen LogP contribution is 2.36. The number of rotatable bonds is 3. The lowest BCUT2D eigenvalue weighted by Gasteiger charge is -2.18. The molecule has 0 radical (unpaired) electrons. The minimum absolute atomic E-state index is 0.981. The van der Waals surface area contributed by atoms with E-state index in [1.54, 1.807) is 23.5 Å². The maximum absolute atomic E-state index is 4.80. The van der Waals surface area contributed by atoms with E-state index < -0.39 is 0 Å². The Morgan fingerprint density at radius 2 is 2.04 bits per heavy atom. The standard InChI is InChI=1S/C19H18N2S2/c1-14-10-11-20-18(12-14)22-13-16-9-8-15(2)23-19(16)21-17-6-4-3-5-7-17/h3-7,10-13H,2,8-9H2,1H3/b16-13+,21-19?. The molecule has 0 bridgehead atoms. The molecule has 4 heteroatoms. The fourth-order valence-corrected chi connectivity index (χ4v) is 4.03. The zero-order chi connectivity index (χ0) is 16.1. The average Bonchev–Trinajstić information content (AvgIpc) is 2.55. The lowest BCUT2D eigenvalue weighted by Crippen LogP contribution is -2.04. The topological polar surface area (TPSA) is 25.2 Å². The van der Waals surface area contributed by atoms with Gasteiger partial charge in [0, 0.05) is 6.20 Å². The fourth-order valence-electron chi connectivity index (χ4n) is 2.16. The monoisotopic (exact) mass is 338 g/mol. The number of aliphatic imine (C=N–C) groups is 1. The molecule has 2 nitrogen and oxygen atoms in total. The molecule has 0 spiro atoms. The molecule has 0 atom stereocenters. The van der Waals surface area contributed by atoms with Crippen molar-refractivity contribution in [3.63, 3.8) is 0 Å². The molecule has 1 saturated heterocycles. The Morgan fingerprint density at radius 1 is 1.22 bits per heavy atom. The van der Waals surface area contributed by atoms with Gasteiger partial charge in [-0.2, -0.15) is 0 Å². The highest BCUT2D eigenvalue weighted by Gasteiger charge is 2.17. The Kier molecular flexibility index (Phi) is 5.36. The Balaban J connectivity index is 1.84. The molecule has 0 aliphatic carbocycles. The summed E-state index contributed by atoms with van der Waals surface area (Å²) in [6.07, 6.45) is 3.84. The predicted molar refractivity (Wildman–Crippen MR) is 102 cm³/mol. The molecule has 0 saturated carbocycles. The Hall–Kier alpha value is -1.78. The van der Waals surface area contributed by atoms with E-state index in [-0.39, 0.29) is 0 Å². The Morgan fingerprint density at radius 3 is 2.83 bits per heavy atom. The Bertz CT molecular complexity index is 764. The number of pyridine rings is 1. The summed E-state index contributed by atoms with van der Waals surface area (Å²) in [6, 6.07) is 14.2. The third-order valence-electron chi connectivity index (χ3n) is 3.39. The van der Waals surface area contributed by atoms with Gasteiger partial charge in [0.2, 0.25) is 0 Å². The zero-order valence-corrected chi connectivity index (χ0v) is 14.7. The second kappa shape index (κ2) is 7.66. The Labute approximate surface area is 145 Å². The predicted octanol–water partition coefficient (Wildman–Crippen LogP) is 6.14. The summed E-state index contributed by atoms with van der Waals surface area (Å²) in [7, 11) is 0. The largest absolute Gasteiger partial charge is 0.250 e. The number of nitrogens with zero attached hydrogens (tertiary/aromatic N) is 2. The molecular formula is C19H18N2S2. The first-order valence-corrected chi connectivity index (χ1v) is 9.18. The number of aryl methyl sites for hydroxylation is 1. The minimum Gasteiger partial charge on any atom is -0.250 e. The molecule has 1 aromatic carbocycles. The van der Waals surface area contributed by atoms with Gasteiger partial charge in [0.25, 0.3) is 0 Å². The SMILES string of the molecule is C=C1CC/C(=C\Sc2cc(C)ccn2)C(=Nc2ccccc2)S1. The van der Waals surface area contributed by atoms with E-state index in [1.165, 1.54) is 16.0 Å². The third-order valence-corrected chi connectivity index (χ3v) is 5.29. The molecule has 0 N–H and O–H groups in total. The summed E-state index contributed by atoms with van der Waals surface area (Å²) in [4.78, 5) is 10.4. The lowest BCUT2D eigenvalue weighted by molar-refractivity contribution is 1.01. The number of aromatic nitrogens is 1. The number of allylic oxidation sites excluding steroid dienone is 1. The van der Waals surface area contributed by atoms with Gasteiger partial charge in [-0.3, -0.25) is 0 Å². The van der Waals surface area contributed by atoms with E-state index >= 15 is 0 Å². The van der Waals surface area contributed by atoms with Crippen LogP contribution >= 0.6 is 23.5 Å². The summed E-state index contributed by atoms with van der Waals surface area (Å²) in [5.41, 5.74) is 3.47. The van der Waals surface area contributed by atoms with E-state index in [0.29, 0.717) is 0 Å².